The maximum atomic E-state index is 12.4. The van der Waals surface area contributed by atoms with Crippen molar-refractivity contribution in [2.24, 2.45) is 0 Å². The lowest BCUT2D eigenvalue weighted by molar-refractivity contribution is -0.136. The van der Waals surface area contributed by atoms with E-state index in [2.05, 4.69) is 25.7 Å². The van der Waals surface area contributed by atoms with Crippen molar-refractivity contribution in [3.63, 3.8) is 0 Å². The molecule has 3 rings (SSSR count). The number of hydrogen-bond acceptors (Lipinski definition) is 5. The van der Waals surface area contributed by atoms with E-state index in [0.717, 1.165) is 6.42 Å². The van der Waals surface area contributed by atoms with Crippen molar-refractivity contribution in [1.82, 2.24) is 25.1 Å². The molecule has 0 saturated heterocycles. The van der Waals surface area contributed by atoms with E-state index in [1.807, 2.05) is 6.92 Å². The first-order chi connectivity index (χ1) is 14.4. The second-order valence-electron chi connectivity index (χ2n) is 6.62. The zero-order valence-electron chi connectivity index (χ0n) is 16.5. The quantitative estimate of drug-likeness (QED) is 0.519. The number of rotatable bonds is 6. The van der Waals surface area contributed by atoms with Crippen LogP contribution in [0.4, 0.5) is 5.82 Å². The van der Waals surface area contributed by atoms with Gasteiger partial charge in [0.2, 0.25) is 5.95 Å². The Labute approximate surface area is 177 Å². The van der Waals surface area contributed by atoms with E-state index in [9.17, 15) is 14.4 Å². The van der Waals surface area contributed by atoms with E-state index in [0.29, 0.717) is 28.4 Å². The Bertz CT molecular complexity index is 1140. The molecule has 0 aliphatic rings. The maximum absolute atomic E-state index is 12.4. The Morgan fingerprint density at radius 2 is 1.97 bits per heavy atom. The minimum absolute atomic E-state index is 0.109. The van der Waals surface area contributed by atoms with Gasteiger partial charge < -0.3 is 10.6 Å². The zero-order chi connectivity index (χ0) is 21.7. The predicted molar refractivity (Wildman–Crippen MR) is 113 cm³/mol. The van der Waals surface area contributed by atoms with Gasteiger partial charge in [-0.2, -0.15) is 9.78 Å². The summed E-state index contributed by atoms with van der Waals surface area (Å²) in [7, 11) is 0. The van der Waals surface area contributed by atoms with Crippen molar-refractivity contribution in [3.05, 3.63) is 68.7 Å². The molecular formula is C20H21ClN6O3. The molecule has 2 aromatic heterocycles. The number of nitrogens with one attached hydrogen (secondary N) is 3. The molecule has 2 heterocycles. The van der Waals surface area contributed by atoms with Crippen molar-refractivity contribution in [1.29, 1.82) is 0 Å². The van der Waals surface area contributed by atoms with Crippen LogP contribution in [0, 0.1) is 6.92 Å². The van der Waals surface area contributed by atoms with Crippen LogP contribution in [0.5, 0.6) is 0 Å². The number of carbonyl (C=O) groups excluding carboxylic acids is 2. The number of H-pyrrole nitrogens is 1. The first kappa shape index (κ1) is 21.3. The van der Waals surface area contributed by atoms with E-state index in [-0.39, 0.29) is 23.9 Å². The van der Waals surface area contributed by atoms with Gasteiger partial charge in [-0.15, -0.1) is 0 Å². The molecule has 3 aromatic rings. The van der Waals surface area contributed by atoms with Crippen LogP contribution in [0.3, 0.4) is 0 Å². The Morgan fingerprint density at radius 3 is 2.70 bits per heavy atom. The fourth-order valence-corrected chi connectivity index (χ4v) is 3.00. The van der Waals surface area contributed by atoms with Crippen LogP contribution in [-0.2, 0) is 22.6 Å². The van der Waals surface area contributed by atoms with Crippen LogP contribution < -0.4 is 16.2 Å². The van der Waals surface area contributed by atoms with Crippen molar-refractivity contribution in [2.45, 2.75) is 33.2 Å². The van der Waals surface area contributed by atoms with Gasteiger partial charge in [-0.25, -0.2) is 4.98 Å². The molecule has 1 aromatic carbocycles. The number of carbonyl (C=O) groups is 2. The number of aromatic nitrogens is 4. The van der Waals surface area contributed by atoms with E-state index in [1.54, 1.807) is 37.3 Å². The van der Waals surface area contributed by atoms with Crippen molar-refractivity contribution < 1.29 is 9.59 Å². The van der Waals surface area contributed by atoms with Crippen molar-refractivity contribution in [3.8, 4) is 5.95 Å². The number of amides is 2. The third-order valence-electron chi connectivity index (χ3n) is 4.17. The smallest absolute Gasteiger partial charge is 0.314 e. The van der Waals surface area contributed by atoms with Crippen LogP contribution in [0.1, 0.15) is 30.3 Å². The molecule has 0 atom stereocenters. The van der Waals surface area contributed by atoms with Gasteiger partial charge in [0, 0.05) is 29.4 Å². The van der Waals surface area contributed by atoms with Crippen LogP contribution in [-0.4, -0.2) is 31.6 Å². The maximum Gasteiger partial charge on any atom is 0.314 e. The molecule has 9 nitrogen and oxygen atoms in total. The summed E-state index contributed by atoms with van der Waals surface area (Å²) in [5, 5.41) is 9.78. The molecule has 0 aliphatic heterocycles. The normalized spacial score (nSPS) is 10.6. The molecular weight excluding hydrogens is 408 g/mol. The molecule has 0 aliphatic carbocycles. The number of hydrogen-bond donors (Lipinski definition) is 3. The van der Waals surface area contributed by atoms with Gasteiger partial charge in [-0.05, 0) is 25.0 Å². The number of aryl methyl sites for hydroxylation is 2. The van der Waals surface area contributed by atoms with E-state index >= 15 is 0 Å². The second kappa shape index (κ2) is 9.36. The predicted octanol–water partition coefficient (Wildman–Crippen LogP) is 2.12. The lowest BCUT2D eigenvalue weighted by Crippen LogP contribution is -2.35. The fraction of sp³-hybridized carbons (Fsp3) is 0.250. The van der Waals surface area contributed by atoms with E-state index in [4.69, 9.17) is 11.6 Å². The fourth-order valence-electron chi connectivity index (χ4n) is 2.80. The Hall–Kier alpha value is -3.46. The second-order valence-corrected chi connectivity index (χ2v) is 7.03. The molecule has 0 radical (unpaired) electrons. The Kier molecular flexibility index (Phi) is 6.63. The SMILES string of the molecule is CCCc1cc(=O)[nH]c(-n2nc(C)cc2NC(=O)C(=O)NCc2ccccc2Cl)n1. The van der Waals surface area contributed by atoms with Gasteiger partial charge in [0.1, 0.15) is 5.82 Å². The highest BCUT2D eigenvalue weighted by atomic mass is 35.5. The highest BCUT2D eigenvalue weighted by molar-refractivity contribution is 6.39. The summed E-state index contributed by atoms with van der Waals surface area (Å²) in [4.78, 5) is 43.5. The molecule has 0 bridgehead atoms. The summed E-state index contributed by atoms with van der Waals surface area (Å²) >= 11 is 6.06. The minimum atomic E-state index is -0.879. The zero-order valence-corrected chi connectivity index (χ0v) is 17.3. The Morgan fingerprint density at radius 1 is 1.20 bits per heavy atom. The third kappa shape index (κ3) is 5.12. The first-order valence-electron chi connectivity index (χ1n) is 9.37. The number of benzene rings is 1. The molecule has 0 spiro atoms. The number of nitrogens with zero attached hydrogens (tertiary/aromatic N) is 3. The summed E-state index contributed by atoms with van der Waals surface area (Å²) < 4.78 is 1.29. The molecule has 156 valence electrons. The Balaban J connectivity index is 1.76. The topological polar surface area (TPSA) is 122 Å². The van der Waals surface area contributed by atoms with Gasteiger partial charge in [-0.1, -0.05) is 43.1 Å². The number of halogens is 1. The molecule has 3 N–H and O–H groups in total. The average Bonchev–Trinajstić information content (AvgIpc) is 3.07. The van der Waals surface area contributed by atoms with Gasteiger partial charge in [-0.3, -0.25) is 19.4 Å². The summed E-state index contributed by atoms with van der Waals surface area (Å²) in [5.74, 6) is -1.34. The average molecular weight is 429 g/mol. The van der Waals surface area contributed by atoms with E-state index < -0.39 is 11.8 Å². The van der Waals surface area contributed by atoms with Crippen LogP contribution in [0.25, 0.3) is 5.95 Å². The largest absolute Gasteiger partial charge is 0.344 e. The van der Waals surface area contributed by atoms with Crippen molar-refractivity contribution >= 4 is 29.2 Å². The van der Waals surface area contributed by atoms with Gasteiger partial charge in [0.25, 0.3) is 5.56 Å². The van der Waals surface area contributed by atoms with E-state index in [1.165, 1.54) is 10.7 Å². The number of aromatic amines is 1. The van der Waals surface area contributed by atoms with Crippen molar-refractivity contribution in [2.75, 3.05) is 5.32 Å². The lowest BCUT2D eigenvalue weighted by atomic mass is 10.2. The third-order valence-corrected chi connectivity index (χ3v) is 4.53. The van der Waals surface area contributed by atoms with Gasteiger partial charge in [0.15, 0.2) is 0 Å². The summed E-state index contributed by atoms with van der Waals surface area (Å²) in [6.45, 7) is 3.81. The summed E-state index contributed by atoms with van der Waals surface area (Å²) in [6.07, 6.45) is 1.45. The van der Waals surface area contributed by atoms with Gasteiger partial charge in [0.05, 0.1) is 5.69 Å². The minimum Gasteiger partial charge on any atom is -0.344 e. The highest BCUT2D eigenvalue weighted by Crippen LogP contribution is 2.15. The standard InChI is InChI=1S/C20H21ClN6O3/c1-3-6-14-10-17(28)25-20(23-14)27-16(9-12(2)26-27)24-19(30)18(29)22-11-13-7-4-5-8-15(13)21/h4-5,7-10H,3,6,11H2,1-2H3,(H,22,29)(H,24,30)(H,23,25,28). The highest BCUT2D eigenvalue weighted by Gasteiger charge is 2.18. The molecule has 0 unspecified atom stereocenters. The molecule has 0 fully saturated rings. The monoisotopic (exact) mass is 428 g/mol. The molecule has 30 heavy (non-hydrogen) atoms. The summed E-state index contributed by atoms with van der Waals surface area (Å²) in [6, 6.07) is 10.0. The lowest BCUT2D eigenvalue weighted by Gasteiger charge is -2.10. The number of anilines is 1. The molecule has 2 amide bonds. The van der Waals surface area contributed by atoms with Crippen LogP contribution in [0.15, 0.2) is 41.2 Å². The molecule has 10 heteroatoms. The summed E-state index contributed by atoms with van der Waals surface area (Å²) in [5.41, 5.74) is 1.55. The molecule has 0 saturated carbocycles. The van der Waals surface area contributed by atoms with Crippen LogP contribution >= 0.6 is 11.6 Å². The van der Waals surface area contributed by atoms with Gasteiger partial charge >= 0.3 is 11.8 Å². The first-order valence-corrected chi connectivity index (χ1v) is 9.75. The van der Waals surface area contributed by atoms with Crippen LogP contribution in [0.2, 0.25) is 5.02 Å².